The van der Waals surface area contributed by atoms with Crippen molar-refractivity contribution in [2.45, 2.75) is 32.2 Å². The maximum absolute atomic E-state index is 13.8. The molecular weight excluding hydrogens is 494 g/mol. The topological polar surface area (TPSA) is 99.2 Å². The Morgan fingerprint density at radius 3 is 2.53 bits per heavy atom. The van der Waals surface area contributed by atoms with Gasteiger partial charge in [-0.3, -0.25) is 18.9 Å². The molecule has 3 heterocycles. The summed E-state index contributed by atoms with van der Waals surface area (Å²) in [6.45, 7) is 0.575. The fourth-order valence-corrected chi connectivity index (χ4v) is 3.96. The van der Waals surface area contributed by atoms with Crippen LogP contribution in [0.25, 0.3) is 11.0 Å². The summed E-state index contributed by atoms with van der Waals surface area (Å²) in [4.78, 5) is 34.4. The molecule has 0 aliphatic rings. The largest absolute Gasteiger partial charge is 0.454 e. The molecule has 0 bridgehead atoms. The number of fused-ring (bicyclic) bond motifs is 1. The third kappa shape index (κ3) is 5.14. The van der Waals surface area contributed by atoms with E-state index in [0.717, 1.165) is 23.3 Å². The average Bonchev–Trinajstić information content (AvgIpc) is 2.84. The van der Waals surface area contributed by atoms with Crippen molar-refractivity contribution in [2.75, 3.05) is 6.61 Å². The van der Waals surface area contributed by atoms with Crippen molar-refractivity contribution in [1.29, 1.82) is 0 Å². The van der Waals surface area contributed by atoms with Crippen molar-refractivity contribution in [2.24, 2.45) is 7.05 Å². The normalized spacial score (nSPS) is 11.7. The lowest BCUT2D eigenvalue weighted by Gasteiger charge is -2.17. The number of hydrogen-bond acceptors (Lipinski definition) is 6. The highest BCUT2D eigenvalue weighted by molar-refractivity contribution is 6.30. The molecule has 4 aromatic rings. The van der Waals surface area contributed by atoms with Gasteiger partial charge in [0, 0.05) is 55.9 Å². The number of aliphatic hydroxyl groups is 1. The molecule has 188 valence electrons. The second kappa shape index (κ2) is 10.2. The number of aryl methyl sites for hydroxylation is 1. The first-order valence-electron chi connectivity index (χ1n) is 11.1. The number of benzene rings is 1. The first-order chi connectivity index (χ1) is 17.1. The number of pyridine rings is 2. The molecule has 0 fully saturated rings. The van der Waals surface area contributed by atoms with E-state index in [2.05, 4.69) is 9.97 Å². The number of nitrogens with zero attached hydrogens (tertiary/aromatic N) is 4. The highest BCUT2D eigenvalue weighted by Gasteiger charge is 2.26. The summed E-state index contributed by atoms with van der Waals surface area (Å²) in [6, 6.07) is 8.14. The number of alkyl halides is 2. The summed E-state index contributed by atoms with van der Waals surface area (Å²) in [5.41, 5.74) is -0.138. The summed E-state index contributed by atoms with van der Waals surface area (Å²) in [5, 5.41) is 9.90. The van der Waals surface area contributed by atoms with E-state index in [9.17, 15) is 23.5 Å². The van der Waals surface area contributed by atoms with Crippen LogP contribution in [0.15, 0.2) is 58.5 Å². The minimum absolute atomic E-state index is 0.0148. The van der Waals surface area contributed by atoms with Crippen molar-refractivity contribution < 1.29 is 18.6 Å². The lowest BCUT2D eigenvalue weighted by atomic mass is 10.0. The van der Waals surface area contributed by atoms with Gasteiger partial charge in [-0.2, -0.15) is 0 Å². The Morgan fingerprint density at radius 2 is 1.86 bits per heavy atom. The molecule has 3 aromatic heterocycles. The molecule has 0 atom stereocenters. The van der Waals surface area contributed by atoms with Gasteiger partial charge >= 0.3 is 5.69 Å². The Kier molecular flexibility index (Phi) is 7.18. The van der Waals surface area contributed by atoms with E-state index < -0.39 is 17.2 Å². The number of rotatable bonds is 8. The molecule has 11 heteroatoms. The fraction of sp³-hybridized carbons (Fsp3) is 0.280. The van der Waals surface area contributed by atoms with Gasteiger partial charge in [0.05, 0.1) is 17.8 Å². The van der Waals surface area contributed by atoms with E-state index >= 15 is 0 Å². The zero-order valence-electron chi connectivity index (χ0n) is 19.5. The van der Waals surface area contributed by atoms with Crippen LogP contribution in [0.2, 0.25) is 5.02 Å². The molecule has 1 N–H and O–H groups in total. The van der Waals surface area contributed by atoms with Gasteiger partial charge < -0.3 is 9.84 Å². The molecule has 36 heavy (non-hydrogen) atoms. The van der Waals surface area contributed by atoms with Crippen LogP contribution in [-0.2, 0) is 25.9 Å². The molecule has 8 nitrogen and oxygen atoms in total. The van der Waals surface area contributed by atoms with Gasteiger partial charge in [-0.1, -0.05) is 23.7 Å². The van der Waals surface area contributed by atoms with Gasteiger partial charge in [0.2, 0.25) is 0 Å². The van der Waals surface area contributed by atoms with Gasteiger partial charge in [0.15, 0.2) is 0 Å². The molecule has 0 amide bonds. The molecule has 0 saturated carbocycles. The van der Waals surface area contributed by atoms with E-state index in [0.29, 0.717) is 10.6 Å². The van der Waals surface area contributed by atoms with Crippen molar-refractivity contribution >= 4 is 22.6 Å². The Hall–Kier alpha value is -3.63. The monoisotopic (exact) mass is 516 g/mol. The van der Waals surface area contributed by atoms with E-state index in [1.54, 1.807) is 24.3 Å². The number of ether oxygens (including phenoxy) is 1. The molecule has 4 rings (SSSR count). The zero-order chi connectivity index (χ0) is 26.0. The van der Waals surface area contributed by atoms with Crippen molar-refractivity contribution in [3.63, 3.8) is 0 Å². The van der Waals surface area contributed by atoms with E-state index in [-0.39, 0.29) is 54.1 Å². The molecule has 0 radical (unpaired) electrons. The van der Waals surface area contributed by atoms with Gasteiger partial charge in [-0.15, -0.1) is 0 Å². The number of aliphatic hydroxyl groups excluding tert-OH is 1. The number of aromatic nitrogens is 4. The molecule has 0 saturated heterocycles. The van der Waals surface area contributed by atoms with Crippen molar-refractivity contribution in [3.8, 4) is 11.5 Å². The van der Waals surface area contributed by atoms with E-state index in [1.165, 1.54) is 30.1 Å². The quantitative estimate of drug-likeness (QED) is 0.380. The number of hydrogen-bond donors (Lipinski definition) is 1. The third-order valence-corrected chi connectivity index (χ3v) is 5.96. The Morgan fingerprint density at radius 1 is 1.14 bits per heavy atom. The smallest absolute Gasteiger partial charge is 0.332 e. The highest BCUT2D eigenvalue weighted by atomic mass is 35.5. The molecule has 0 unspecified atom stereocenters. The second-order valence-corrected chi connectivity index (χ2v) is 8.81. The SMILES string of the molecule is Cn1c(=O)n(CCCO)c(=O)c2c(Cc3ccc(Cl)cc3)c(Oc3cncc(C(C)(F)F)c3)cnc21. The highest BCUT2D eigenvalue weighted by Crippen LogP contribution is 2.33. The lowest BCUT2D eigenvalue weighted by molar-refractivity contribution is 0.0169. The first kappa shape index (κ1) is 25.5. The summed E-state index contributed by atoms with van der Waals surface area (Å²) in [5.74, 6) is -2.93. The molecule has 0 aliphatic carbocycles. The molecule has 0 spiro atoms. The summed E-state index contributed by atoms with van der Waals surface area (Å²) >= 11 is 6.02. The predicted molar refractivity (Wildman–Crippen MR) is 131 cm³/mol. The lowest BCUT2D eigenvalue weighted by Crippen LogP contribution is -2.40. The van der Waals surface area contributed by atoms with E-state index in [4.69, 9.17) is 16.3 Å². The van der Waals surface area contributed by atoms with Crippen LogP contribution >= 0.6 is 11.6 Å². The maximum Gasteiger partial charge on any atom is 0.332 e. The second-order valence-electron chi connectivity index (χ2n) is 8.38. The van der Waals surface area contributed by atoms with Crippen molar-refractivity contribution in [1.82, 2.24) is 19.1 Å². The summed E-state index contributed by atoms with van der Waals surface area (Å²) in [6.07, 6.45) is 4.10. The minimum Gasteiger partial charge on any atom is -0.454 e. The fourth-order valence-electron chi connectivity index (χ4n) is 3.83. The van der Waals surface area contributed by atoms with Crippen molar-refractivity contribution in [3.05, 3.63) is 91.5 Å². The summed E-state index contributed by atoms with van der Waals surface area (Å²) < 4.78 is 35.9. The van der Waals surface area contributed by atoms with Gasteiger partial charge in [-0.25, -0.2) is 18.6 Å². The van der Waals surface area contributed by atoms with Gasteiger partial charge in [-0.05, 0) is 30.2 Å². The standard InChI is InChI=1S/C25H23ClF2N4O4/c1-25(27,28)16-11-18(13-29-12-16)36-20-14-30-22-21(19(20)10-15-4-6-17(26)7-5-15)23(34)32(8-3-9-33)24(35)31(22)2/h4-7,11-14,33H,3,8-10H2,1-2H3. The minimum atomic E-state index is -3.13. The van der Waals surface area contributed by atoms with Gasteiger partial charge in [0.1, 0.15) is 17.1 Å². The average molecular weight is 517 g/mol. The Balaban J connectivity index is 1.94. The Bertz CT molecular complexity index is 1530. The van der Waals surface area contributed by atoms with E-state index in [1.807, 2.05) is 0 Å². The zero-order valence-corrected chi connectivity index (χ0v) is 20.3. The predicted octanol–water partition coefficient (Wildman–Crippen LogP) is 4.02. The van der Waals surface area contributed by atoms with Crippen LogP contribution in [0.1, 0.15) is 30.0 Å². The Labute approximate surface area is 209 Å². The third-order valence-electron chi connectivity index (χ3n) is 5.70. The van der Waals surface area contributed by atoms with Crippen LogP contribution in [0.5, 0.6) is 11.5 Å². The van der Waals surface area contributed by atoms with Crippen LogP contribution in [0, 0.1) is 0 Å². The summed E-state index contributed by atoms with van der Waals surface area (Å²) in [7, 11) is 1.50. The van der Waals surface area contributed by atoms with Crippen LogP contribution in [0.4, 0.5) is 8.78 Å². The number of halogens is 3. The molecular formula is C25H23ClF2N4O4. The van der Waals surface area contributed by atoms with Crippen LogP contribution in [-0.4, -0.2) is 30.8 Å². The van der Waals surface area contributed by atoms with Crippen LogP contribution in [0.3, 0.4) is 0 Å². The molecule has 1 aromatic carbocycles. The maximum atomic E-state index is 13.8. The van der Waals surface area contributed by atoms with Gasteiger partial charge in [0.25, 0.3) is 11.5 Å². The van der Waals surface area contributed by atoms with Crippen LogP contribution < -0.4 is 16.0 Å². The first-order valence-corrected chi connectivity index (χ1v) is 11.5. The molecule has 0 aliphatic heterocycles.